The Morgan fingerprint density at radius 2 is 2.33 bits per heavy atom. The molecule has 6 nitrogen and oxygen atoms in total. The number of amidine groups is 1. The van der Waals surface area contributed by atoms with E-state index < -0.39 is 0 Å². The van der Waals surface area contributed by atoms with E-state index in [4.69, 9.17) is 15.7 Å². The molecule has 0 radical (unpaired) electrons. The molecular formula is C12H18N4O2. The summed E-state index contributed by atoms with van der Waals surface area (Å²) in [5.74, 6) is 0.142. The Kier molecular flexibility index (Phi) is 4.49. The van der Waals surface area contributed by atoms with Gasteiger partial charge in [0.2, 0.25) is 0 Å². The van der Waals surface area contributed by atoms with Crippen LogP contribution < -0.4 is 5.73 Å². The van der Waals surface area contributed by atoms with Crippen LogP contribution in [0.1, 0.15) is 5.56 Å². The van der Waals surface area contributed by atoms with Crippen LogP contribution in [-0.2, 0) is 11.2 Å². The quantitative estimate of drug-likeness (QED) is 0.342. The molecule has 1 aromatic heterocycles. The molecular weight excluding hydrogens is 232 g/mol. The highest BCUT2D eigenvalue weighted by molar-refractivity contribution is 5.84. The second-order valence-electron chi connectivity index (χ2n) is 4.29. The highest BCUT2D eigenvalue weighted by Crippen LogP contribution is 2.07. The fourth-order valence-electron chi connectivity index (χ4n) is 1.99. The van der Waals surface area contributed by atoms with E-state index in [0.29, 0.717) is 13.2 Å². The SMILES string of the molecule is NC(=NO)C1CN(CCc2ccncc2)CCO1. The number of nitrogens with zero attached hydrogens (tertiary/aromatic N) is 3. The predicted octanol–water partition coefficient (Wildman–Crippen LogP) is 0.0713. The van der Waals surface area contributed by atoms with E-state index in [1.54, 1.807) is 12.4 Å². The number of hydrogen-bond acceptors (Lipinski definition) is 5. The average molecular weight is 250 g/mol. The highest BCUT2D eigenvalue weighted by Gasteiger charge is 2.23. The Morgan fingerprint density at radius 1 is 1.56 bits per heavy atom. The fraction of sp³-hybridized carbons (Fsp3) is 0.500. The Labute approximate surface area is 106 Å². The highest BCUT2D eigenvalue weighted by atomic mass is 16.5. The largest absolute Gasteiger partial charge is 0.409 e. The Balaban J connectivity index is 1.83. The second kappa shape index (κ2) is 6.32. The standard InChI is InChI=1S/C12H18N4O2/c13-12(15-17)11-9-16(7-8-18-11)6-3-10-1-4-14-5-2-10/h1-2,4-5,11,17H,3,6-9H2,(H2,13,15). The van der Waals surface area contributed by atoms with E-state index in [2.05, 4.69) is 15.0 Å². The molecule has 0 aliphatic carbocycles. The minimum atomic E-state index is -0.304. The van der Waals surface area contributed by atoms with Crippen LogP contribution in [0.25, 0.3) is 0 Å². The minimum absolute atomic E-state index is 0.142. The summed E-state index contributed by atoms with van der Waals surface area (Å²) < 4.78 is 5.45. The van der Waals surface area contributed by atoms with Gasteiger partial charge in [0.1, 0.15) is 6.10 Å². The smallest absolute Gasteiger partial charge is 0.169 e. The summed E-state index contributed by atoms with van der Waals surface area (Å²) in [4.78, 5) is 6.25. The molecule has 0 amide bonds. The van der Waals surface area contributed by atoms with E-state index >= 15 is 0 Å². The molecule has 2 heterocycles. The summed E-state index contributed by atoms with van der Waals surface area (Å²) in [7, 11) is 0. The number of hydrogen-bond donors (Lipinski definition) is 2. The van der Waals surface area contributed by atoms with Crippen molar-refractivity contribution in [3.63, 3.8) is 0 Å². The van der Waals surface area contributed by atoms with E-state index in [-0.39, 0.29) is 11.9 Å². The van der Waals surface area contributed by atoms with Crippen molar-refractivity contribution in [1.82, 2.24) is 9.88 Å². The molecule has 0 aromatic carbocycles. The fourth-order valence-corrected chi connectivity index (χ4v) is 1.99. The molecule has 1 atom stereocenters. The van der Waals surface area contributed by atoms with E-state index in [1.807, 2.05) is 12.1 Å². The van der Waals surface area contributed by atoms with E-state index in [9.17, 15) is 0 Å². The van der Waals surface area contributed by atoms with Crippen LogP contribution in [0.2, 0.25) is 0 Å². The lowest BCUT2D eigenvalue weighted by Gasteiger charge is -2.32. The maximum atomic E-state index is 8.64. The maximum absolute atomic E-state index is 8.64. The second-order valence-corrected chi connectivity index (χ2v) is 4.29. The summed E-state index contributed by atoms with van der Waals surface area (Å²) in [6, 6.07) is 4.03. The van der Waals surface area contributed by atoms with Crippen LogP contribution in [0.3, 0.4) is 0 Å². The van der Waals surface area contributed by atoms with Gasteiger partial charge in [0, 0.05) is 32.0 Å². The van der Waals surface area contributed by atoms with Crippen LogP contribution in [0.15, 0.2) is 29.7 Å². The van der Waals surface area contributed by atoms with Gasteiger partial charge in [-0.3, -0.25) is 9.88 Å². The van der Waals surface area contributed by atoms with Crippen molar-refractivity contribution in [3.8, 4) is 0 Å². The number of morpholine rings is 1. The molecule has 1 saturated heterocycles. The van der Waals surface area contributed by atoms with Crippen molar-refractivity contribution in [2.24, 2.45) is 10.9 Å². The van der Waals surface area contributed by atoms with Gasteiger partial charge in [0.05, 0.1) is 6.61 Å². The van der Waals surface area contributed by atoms with Crippen molar-refractivity contribution in [2.45, 2.75) is 12.5 Å². The molecule has 0 saturated carbocycles. The number of oxime groups is 1. The zero-order valence-electron chi connectivity index (χ0n) is 10.2. The summed E-state index contributed by atoms with van der Waals surface area (Å²) in [6.45, 7) is 3.08. The predicted molar refractivity (Wildman–Crippen MR) is 67.5 cm³/mol. The van der Waals surface area contributed by atoms with Gasteiger partial charge in [0.15, 0.2) is 5.84 Å². The van der Waals surface area contributed by atoms with Crippen LogP contribution in [-0.4, -0.2) is 53.3 Å². The van der Waals surface area contributed by atoms with E-state index in [1.165, 1.54) is 5.56 Å². The molecule has 1 aromatic rings. The first kappa shape index (κ1) is 12.8. The summed E-state index contributed by atoms with van der Waals surface area (Å²) in [5.41, 5.74) is 6.82. The number of pyridine rings is 1. The number of nitrogens with two attached hydrogens (primary N) is 1. The first-order valence-corrected chi connectivity index (χ1v) is 6.00. The monoisotopic (exact) mass is 250 g/mol. The Morgan fingerprint density at radius 3 is 3.06 bits per heavy atom. The molecule has 6 heteroatoms. The van der Waals surface area contributed by atoms with Crippen LogP contribution in [0.5, 0.6) is 0 Å². The van der Waals surface area contributed by atoms with Crippen molar-refractivity contribution < 1.29 is 9.94 Å². The van der Waals surface area contributed by atoms with Gasteiger partial charge >= 0.3 is 0 Å². The summed E-state index contributed by atoms with van der Waals surface area (Å²) in [5, 5.41) is 11.6. The van der Waals surface area contributed by atoms with Gasteiger partial charge in [-0.1, -0.05) is 5.16 Å². The number of rotatable bonds is 4. The zero-order valence-corrected chi connectivity index (χ0v) is 10.2. The van der Waals surface area contributed by atoms with E-state index in [0.717, 1.165) is 19.5 Å². The van der Waals surface area contributed by atoms with Gasteiger partial charge in [-0.05, 0) is 24.1 Å². The summed E-state index contributed by atoms with van der Waals surface area (Å²) >= 11 is 0. The first-order chi connectivity index (χ1) is 8.79. The van der Waals surface area contributed by atoms with Crippen LogP contribution >= 0.6 is 0 Å². The molecule has 1 fully saturated rings. The van der Waals surface area contributed by atoms with Crippen molar-refractivity contribution in [1.29, 1.82) is 0 Å². The van der Waals surface area contributed by atoms with Crippen LogP contribution in [0, 0.1) is 0 Å². The molecule has 18 heavy (non-hydrogen) atoms. The van der Waals surface area contributed by atoms with Gasteiger partial charge in [-0.25, -0.2) is 0 Å². The molecule has 1 aliphatic heterocycles. The maximum Gasteiger partial charge on any atom is 0.169 e. The molecule has 98 valence electrons. The molecule has 1 unspecified atom stereocenters. The van der Waals surface area contributed by atoms with Gasteiger partial charge in [-0.2, -0.15) is 0 Å². The topological polar surface area (TPSA) is 84.0 Å². The van der Waals surface area contributed by atoms with Gasteiger partial charge in [-0.15, -0.1) is 0 Å². The number of ether oxygens (including phenoxy) is 1. The van der Waals surface area contributed by atoms with Gasteiger partial charge in [0.25, 0.3) is 0 Å². The van der Waals surface area contributed by atoms with Crippen molar-refractivity contribution >= 4 is 5.84 Å². The van der Waals surface area contributed by atoms with Gasteiger partial charge < -0.3 is 15.7 Å². The third kappa shape index (κ3) is 3.41. The average Bonchev–Trinajstić information content (AvgIpc) is 2.45. The minimum Gasteiger partial charge on any atom is -0.409 e. The molecule has 0 spiro atoms. The molecule has 3 N–H and O–H groups in total. The first-order valence-electron chi connectivity index (χ1n) is 6.00. The molecule has 0 bridgehead atoms. The van der Waals surface area contributed by atoms with Crippen molar-refractivity contribution in [3.05, 3.63) is 30.1 Å². The number of aromatic nitrogens is 1. The lowest BCUT2D eigenvalue weighted by Crippen LogP contribution is -2.48. The normalized spacial score (nSPS) is 22.0. The van der Waals surface area contributed by atoms with Crippen LogP contribution in [0.4, 0.5) is 0 Å². The Hall–Kier alpha value is -1.66. The third-order valence-corrected chi connectivity index (χ3v) is 3.06. The lowest BCUT2D eigenvalue weighted by molar-refractivity contribution is 0.00518. The Bertz CT molecular complexity index is 396. The summed E-state index contributed by atoms with van der Waals surface area (Å²) in [6.07, 6.45) is 4.26. The third-order valence-electron chi connectivity index (χ3n) is 3.06. The zero-order chi connectivity index (χ0) is 12.8. The molecule has 1 aliphatic rings. The van der Waals surface area contributed by atoms with Crippen molar-refractivity contribution in [2.75, 3.05) is 26.2 Å². The lowest BCUT2D eigenvalue weighted by atomic mass is 10.1. The molecule has 2 rings (SSSR count).